The van der Waals surface area contributed by atoms with Crippen molar-refractivity contribution in [3.63, 3.8) is 0 Å². The fraction of sp³-hybridized carbons (Fsp3) is 0.118. The lowest BCUT2D eigenvalue weighted by atomic mass is 9.97. The zero-order valence-electron chi connectivity index (χ0n) is 11.5. The van der Waals surface area contributed by atoms with Crippen LogP contribution in [0.4, 0.5) is 0 Å². The summed E-state index contributed by atoms with van der Waals surface area (Å²) in [5.74, 6) is -2.42. The van der Waals surface area contributed by atoms with Gasteiger partial charge in [0.15, 0.2) is 0 Å². The number of benzene rings is 2. The number of rotatable bonds is 2. The maximum atomic E-state index is 12.4. The van der Waals surface area contributed by atoms with E-state index in [0.717, 1.165) is 10.5 Å². The summed E-state index contributed by atoms with van der Waals surface area (Å²) < 4.78 is 0. The van der Waals surface area contributed by atoms with Crippen molar-refractivity contribution in [3.8, 4) is 0 Å². The number of imide groups is 1. The Hall–Kier alpha value is -2.46. The quantitative estimate of drug-likeness (QED) is 0.632. The van der Waals surface area contributed by atoms with E-state index < -0.39 is 23.5 Å². The first-order valence-corrected chi connectivity index (χ1v) is 7.16. The molecule has 110 valence electrons. The molecule has 1 aliphatic rings. The maximum absolute atomic E-state index is 12.4. The van der Waals surface area contributed by atoms with Crippen LogP contribution in [0.25, 0.3) is 0 Å². The van der Waals surface area contributed by atoms with E-state index in [2.05, 4.69) is 0 Å². The fourth-order valence-corrected chi connectivity index (χ4v) is 2.72. The lowest BCUT2D eigenvalue weighted by molar-refractivity contribution is -0.139. The van der Waals surface area contributed by atoms with Gasteiger partial charge in [-0.05, 0) is 23.8 Å². The molecule has 2 amide bonds. The molecule has 0 aliphatic carbocycles. The van der Waals surface area contributed by atoms with E-state index >= 15 is 0 Å². The van der Waals surface area contributed by atoms with E-state index in [-0.39, 0.29) is 6.54 Å². The predicted octanol–water partition coefficient (Wildman–Crippen LogP) is 2.68. The average Bonchev–Trinajstić information content (AvgIpc) is 2.83. The molecule has 0 bridgehead atoms. The van der Waals surface area contributed by atoms with Gasteiger partial charge in [0.1, 0.15) is 0 Å². The first-order chi connectivity index (χ1) is 10.6. The SMILES string of the molecule is O=C1C(=O)N(C(=O)c2cccc(Cl)c2)C[C@H]1c1ccccc1. The van der Waals surface area contributed by atoms with Gasteiger partial charge in [0.2, 0.25) is 5.78 Å². The molecule has 0 N–H and O–H groups in total. The first-order valence-electron chi connectivity index (χ1n) is 6.78. The van der Waals surface area contributed by atoms with Crippen LogP contribution in [0, 0.1) is 0 Å². The summed E-state index contributed by atoms with van der Waals surface area (Å²) in [6.45, 7) is 0.0625. The maximum Gasteiger partial charge on any atom is 0.297 e. The second-order valence-corrected chi connectivity index (χ2v) is 5.50. The first kappa shape index (κ1) is 14.5. The van der Waals surface area contributed by atoms with Gasteiger partial charge in [0, 0.05) is 17.1 Å². The van der Waals surface area contributed by atoms with E-state index in [1.54, 1.807) is 42.5 Å². The van der Waals surface area contributed by atoms with Crippen molar-refractivity contribution in [1.29, 1.82) is 0 Å². The zero-order valence-corrected chi connectivity index (χ0v) is 12.3. The number of halogens is 1. The van der Waals surface area contributed by atoms with Gasteiger partial charge in [-0.2, -0.15) is 0 Å². The molecular formula is C17H12ClNO3. The molecule has 0 saturated carbocycles. The van der Waals surface area contributed by atoms with Gasteiger partial charge in [-0.15, -0.1) is 0 Å². The van der Waals surface area contributed by atoms with E-state index in [1.165, 1.54) is 6.07 Å². The second kappa shape index (κ2) is 5.73. The molecule has 0 radical (unpaired) electrons. The number of carbonyl (C=O) groups excluding carboxylic acids is 3. The van der Waals surface area contributed by atoms with Gasteiger partial charge < -0.3 is 0 Å². The van der Waals surface area contributed by atoms with Gasteiger partial charge in [0.25, 0.3) is 11.8 Å². The van der Waals surface area contributed by atoms with Gasteiger partial charge in [-0.3, -0.25) is 19.3 Å². The Morgan fingerprint density at radius 1 is 1.05 bits per heavy atom. The van der Waals surface area contributed by atoms with Crippen LogP contribution in [0.3, 0.4) is 0 Å². The zero-order chi connectivity index (χ0) is 15.7. The molecule has 1 aliphatic heterocycles. The highest BCUT2D eigenvalue weighted by atomic mass is 35.5. The van der Waals surface area contributed by atoms with E-state index in [0.29, 0.717) is 10.6 Å². The Bertz CT molecular complexity index is 758. The molecule has 1 saturated heterocycles. The van der Waals surface area contributed by atoms with Crippen LogP contribution in [0.15, 0.2) is 54.6 Å². The van der Waals surface area contributed by atoms with Crippen LogP contribution in [0.1, 0.15) is 21.8 Å². The summed E-state index contributed by atoms with van der Waals surface area (Å²) >= 11 is 5.86. The monoisotopic (exact) mass is 313 g/mol. The molecule has 1 atom stereocenters. The Balaban J connectivity index is 1.88. The van der Waals surface area contributed by atoms with Crippen LogP contribution in [-0.2, 0) is 9.59 Å². The number of hydrogen-bond acceptors (Lipinski definition) is 3. The topological polar surface area (TPSA) is 54.5 Å². The van der Waals surface area contributed by atoms with Gasteiger partial charge in [0.05, 0.1) is 5.92 Å². The highest BCUT2D eigenvalue weighted by molar-refractivity contribution is 6.43. The van der Waals surface area contributed by atoms with Crippen molar-refractivity contribution in [2.24, 2.45) is 0 Å². The number of amides is 2. The van der Waals surface area contributed by atoms with E-state index in [9.17, 15) is 14.4 Å². The minimum Gasteiger partial charge on any atom is -0.288 e. The smallest absolute Gasteiger partial charge is 0.288 e. The molecule has 5 heteroatoms. The Kier molecular flexibility index (Phi) is 3.77. The third-order valence-electron chi connectivity index (χ3n) is 3.66. The minimum atomic E-state index is -0.765. The molecule has 0 spiro atoms. The molecule has 0 unspecified atom stereocenters. The highest BCUT2D eigenvalue weighted by Crippen LogP contribution is 2.26. The fourth-order valence-electron chi connectivity index (χ4n) is 2.53. The van der Waals surface area contributed by atoms with Crippen molar-refractivity contribution < 1.29 is 14.4 Å². The Morgan fingerprint density at radius 2 is 1.77 bits per heavy atom. The highest BCUT2D eigenvalue weighted by Gasteiger charge is 2.42. The summed E-state index contributed by atoms with van der Waals surface area (Å²) in [5.41, 5.74) is 1.03. The van der Waals surface area contributed by atoms with Gasteiger partial charge in [-0.1, -0.05) is 48.0 Å². The number of ketones is 1. The Morgan fingerprint density at radius 3 is 2.45 bits per heavy atom. The summed E-state index contributed by atoms with van der Waals surface area (Å²) in [6.07, 6.45) is 0. The second-order valence-electron chi connectivity index (χ2n) is 5.06. The molecule has 1 fully saturated rings. The molecule has 2 aromatic carbocycles. The molecule has 3 rings (SSSR count). The standard InChI is InChI=1S/C17H12ClNO3/c18-13-8-4-7-12(9-13)16(21)19-10-14(15(20)17(19)22)11-5-2-1-3-6-11/h1-9,14H,10H2/t14-/m0/s1. The number of nitrogens with zero attached hydrogens (tertiary/aromatic N) is 1. The molecule has 0 aromatic heterocycles. The van der Waals surface area contributed by atoms with Crippen LogP contribution in [0.5, 0.6) is 0 Å². The van der Waals surface area contributed by atoms with Crippen LogP contribution in [0.2, 0.25) is 5.02 Å². The lowest BCUT2D eigenvalue weighted by Crippen LogP contribution is -2.33. The molecule has 2 aromatic rings. The largest absolute Gasteiger partial charge is 0.297 e. The predicted molar refractivity (Wildman–Crippen MR) is 81.7 cm³/mol. The number of Topliss-reactive ketones (excluding diaryl/α,β-unsaturated/α-hetero) is 1. The summed E-state index contributed by atoms with van der Waals surface area (Å²) in [7, 11) is 0. The van der Waals surface area contributed by atoms with Crippen LogP contribution in [-0.4, -0.2) is 29.0 Å². The minimum absolute atomic E-state index is 0.0625. The summed E-state index contributed by atoms with van der Waals surface area (Å²) in [5, 5.41) is 0.406. The van der Waals surface area contributed by atoms with Gasteiger partial charge >= 0.3 is 0 Å². The molecule has 1 heterocycles. The van der Waals surface area contributed by atoms with Crippen LogP contribution >= 0.6 is 11.6 Å². The molecule has 4 nitrogen and oxygen atoms in total. The third-order valence-corrected chi connectivity index (χ3v) is 3.89. The number of hydrogen-bond donors (Lipinski definition) is 0. The van der Waals surface area contributed by atoms with Crippen LogP contribution < -0.4 is 0 Å². The summed E-state index contributed by atoms with van der Waals surface area (Å²) in [6, 6.07) is 15.3. The average molecular weight is 314 g/mol. The van der Waals surface area contributed by atoms with Crippen molar-refractivity contribution in [2.45, 2.75) is 5.92 Å². The molecular weight excluding hydrogens is 302 g/mol. The Labute approximate surface area is 132 Å². The van der Waals surface area contributed by atoms with Crippen molar-refractivity contribution in [1.82, 2.24) is 4.90 Å². The van der Waals surface area contributed by atoms with E-state index in [4.69, 9.17) is 11.6 Å². The summed E-state index contributed by atoms with van der Waals surface area (Å²) in [4.78, 5) is 37.7. The van der Waals surface area contributed by atoms with E-state index in [1.807, 2.05) is 6.07 Å². The van der Waals surface area contributed by atoms with Crippen molar-refractivity contribution >= 4 is 29.2 Å². The lowest BCUT2D eigenvalue weighted by Gasteiger charge is -2.14. The number of carbonyl (C=O) groups is 3. The van der Waals surface area contributed by atoms with Crippen molar-refractivity contribution in [2.75, 3.05) is 6.54 Å². The van der Waals surface area contributed by atoms with Crippen molar-refractivity contribution in [3.05, 3.63) is 70.7 Å². The normalized spacial score (nSPS) is 17.9. The van der Waals surface area contributed by atoms with Gasteiger partial charge in [-0.25, -0.2) is 0 Å². The third kappa shape index (κ3) is 2.53. The molecule has 22 heavy (non-hydrogen) atoms. The number of likely N-dealkylation sites (tertiary alicyclic amines) is 1.